The Morgan fingerprint density at radius 2 is 1.68 bits per heavy atom. The van der Waals surface area contributed by atoms with E-state index in [0.29, 0.717) is 36.6 Å². The van der Waals surface area contributed by atoms with Gasteiger partial charge in [0.25, 0.3) is 0 Å². The average molecular weight is 553 g/mol. The normalized spacial score (nSPS) is 21.1. The van der Waals surface area contributed by atoms with Gasteiger partial charge in [0.1, 0.15) is 0 Å². The van der Waals surface area contributed by atoms with Crippen molar-refractivity contribution in [2.75, 3.05) is 39.8 Å². The van der Waals surface area contributed by atoms with Gasteiger partial charge in [-0.25, -0.2) is 0 Å². The molecule has 0 bridgehead atoms. The van der Waals surface area contributed by atoms with Crippen molar-refractivity contribution in [2.24, 2.45) is 5.92 Å². The van der Waals surface area contributed by atoms with Crippen molar-refractivity contribution in [3.8, 4) is 23.0 Å². The van der Waals surface area contributed by atoms with Gasteiger partial charge < -0.3 is 29.0 Å². The number of unbranched alkanes of at least 4 members (excludes halogenated alkanes) is 2. The zero-order valence-corrected chi connectivity index (χ0v) is 23.5. The van der Waals surface area contributed by atoms with Crippen LogP contribution >= 0.6 is 0 Å². The summed E-state index contributed by atoms with van der Waals surface area (Å²) in [7, 11) is 0. The van der Waals surface area contributed by atoms with Gasteiger partial charge in [-0.3, -0.25) is 14.5 Å². The van der Waals surface area contributed by atoms with E-state index in [1.165, 1.54) is 0 Å². The number of benzene rings is 2. The Hall–Kier alpha value is -3.46. The number of aryl methyl sites for hydroxylation is 1. The maximum atomic E-state index is 13.6. The van der Waals surface area contributed by atoms with Crippen molar-refractivity contribution in [3.05, 3.63) is 47.5 Å². The van der Waals surface area contributed by atoms with E-state index in [1.54, 1.807) is 0 Å². The first kappa shape index (κ1) is 28.1. The molecule has 1 amide bonds. The molecule has 40 heavy (non-hydrogen) atoms. The predicted octanol–water partition coefficient (Wildman–Crippen LogP) is 4.67. The van der Waals surface area contributed by atoms with Crippen LogP contribution in [0, 0.1) is 5.92 Å². The van der Waals surface area contributed by atoms with E-state index in [4.69, 9.17) is 18.9 Å². The molecule has 0 aliphatic carbocycles. The highest BCUT2D eigenvalue weighted by Gasteiger charge is 2.47. The van der Waals surface area contributed by atoms with Crippen LogP contribution in [0.15, 0.2) is 36.4 Å². The largest absolute Gasteiger partial charge is 0.481 e. The van der Waals surface area contributed by atoms with Crippen molar-refractivity contribution in [3.63, 3.8) is 0 Å². The SMILES string of the molecule is CCCCN(CCCC)C(=O)CN1C[C@H](c2ccc3c(c2)OCO3)[C@H](C(=O)O)[C@H]1CCc1cccc2c1OCO2. The third-order valence-electron chi connectivity index (χ3n) is 8.30. The Balaban J connectivity index is 1.41. The van der Waals surface area contributed by atoms with Crippen molar-refractivity contribution in [1.82, 2.24) is 9.80 Å². The highest BCUT2D eigenvalue weighted by atomic mass is 16.7. The molecule has 216 valence electrons. The molecule has 0 unspecified atom stereocenters. The molecule has 0 aromatic heterocycles. The van der Waals surface area contributed by atoms with Gasteiger partial charge in [-0.05, 0) is 55.0 Å². The van der Waals surface area contributed by atoms with E-state index in [1.807, 2.05) is 41.3 Å². The van der Waals surface area contributed by atoms with Gasteiger partial charge >= 0.3 is 5.97 Å². The van der Waals surface area contributed by atoms with E-state index < -0.39 is 11.9 Å². The highest BCUT2D eigenvalue weighted by molar-refractivity contribution is 5.79. The second-order valence-electron chi connectivity index (χ2n) is 10.9. The molecule has 1 saturated heterocycles. The number of nitrogens with zero attached hydrogens (tertiary/aromatic N) is 2. The molecule has 0 spiro atoms. The first-order valence-electron chi connectivity index (χ1n) is 14.5. The van der Waals surface area contributed by atoms with Crippen LogP contribution in [0.4, 0.5) is 0 Å². The van der Waals surface area contributed by atoms with Gasteiger partial charge in [-0.2, -0.15) is 0 Å². The molecule has 0 saturated carbocycles. The average Bonchev–Trinajstić information content (AvgIpc) is 3.70. The summed E-state index contributed by atoms with van der Waals surface area (Å²) in [6.07, 6.45) is 5.14. The summed E-state index contributed by atoms with van der Waals surface area (Å²) in [5, 5.41) is 10.5. The van der Waals surface area contributed by atoms with Gasteiger partial charge in [0.05, 0.1) is 12.5 Å². The van der Waals surface area contributed by atoms with Gasteiger partial charge in [0, 0.05) is 31.6 Å². The highest BCUT2D eigenvalue weighted by Crippen LogP contribution is 2.44. The topological polar surface area (TPSA) is 97.8 Å². The molecule has 1 N–H and O–H groups in total. The third kappa shape index (κ3) is 5.99. The van der Waals surface area contributed by atoms with Crippen molar-refractivity contribution in [2.45, 2.75) is 64.3 Å². The van der Waals surface area contributed by atoms with E-state index in [-0.39, 0.29) is 38.0 Å². The van der Waals surface area contributed by atoms with Gasteiger partial charge in [0.2, 0.25) is 19.5 Å². The molecular formula is C31H40N2O7. The van der Waals surface area contributed by atoms with Crippen molar-refractivity contribution in [1.29, 1.82) is 0 Å². The fraction of sp³-hybridized carbons (Fsp3) is 0.548. The number of carboxylic acids is 1. The van der Waals surface area contributed by atoms with Crippen LogP contribution in [0.2, 0.25) is 0 Å². The molecule has 0 radical (unpaired) electrons. The number of rotatable bonds is 13. The second kappa shape index (κ2) is 12.8. The van der Waals surface area contributed by atoms with Gasteiger partial charge in [-0.1, -0.05) is 44.9 Å². The zero-order chi connectivity index (χ0) is 28.1. The molecule has 9 heteroatoms. The number of carbonyl (C=O) groups is 2. The number of amides is 1. The third-order valence-corrected chi connectivity index (χ3v) is 8.30. The van der Waals surface area contributed by atoms with Crippen LogP contribution in [0.3, 0.4) is 0 Å². The Bertz CT molecular complexity index is 1190. The molecule has 2 aromatic carbocycles. The molecular weight excluding hydrogens is 512 g/mol. The zero-order valence-electron chi connectivity index (χ0n) is 23.5. The lowest BCUT2D eigenvalue weighted by Crippen LogP contribution is -2.44. The molecule has 3 heterocycles. The quantitative estimate of drug-likeness (QED) is 0.383. The monoisotopic (exact) mass is 552 g/mol. The van der Waals surface area contributed by atoms with E-state index in [9.17, 15) is 14.7 Å². The Morgan fingerprint density at radius 3 is 2.42 bits per heavy atom. The molecule has 3 aliphatic rings. The summed E-state index contributed by atoms with van der Waals surface area (Å²) >= 11 is 0. The number of para-hydroxylation sites is 1. The standard InChI is InChI=1S/C31H40N2O7/c1-3-5-14-32(15-6-4-2)28(34)18-33-17-23(22-11-13-25-27(16-22)39-19-37-25)29(31(35)36)24(33)12-10-21-8-7-9-26-30(21)40-20-38-26/h7-9,11,13,16,23-24,29H,3-6,10,12,14-15,17-20H2,1-2H3,(H,35,36)/t23-,24-,29+/m1/s1. The van der Waals surface area contributed by atoms with E-state index in [0.717, 1.165) is 55.6 Å². The number of aliphatic carboxylic acids is 1. The number of carboxylic acid groups (broad SMARTS) is 1. The van der Waals surface area contributed by atoms with Crippen LogP contribution in [-0.4, -0.2) is 72.6 Å². The summed E-state index contributed by atoms with van der Waals surface area (Å²) in [5.41, 5.74) is 1.88. The smallest absolute Gasteiger partial charge is 0.308 e. The van der Waals surface area contributed by atoms with E-state index in [2.05, 4.69) is 18.7 Å². The first-order chi connectivity index (χ1) is 19.5. The molecule has 1 fully saturated rings. The van der Waals surface area contributed by atoms with Gasteiger partial charge in [0.15, 0.2) is 23.0 Å². The minimum absolute atomic E-state index is 0.0692. The number of ether oxygens (including phenoxy) is 4. The molecule has 3 atom stereocenters. The van der Waals surface area contributed by atoms with Crippen molar-refractivity contribution < 1.29 is 33.6 Å². The molecule has 3 aliphatic heterocycles. The number of likely N-dealkylation sites (tertiary alicyclic amines) is 1. The fourth-order valence-corrected chi connectivity index (χ4v) is 6.16. The first-order valence-corrected chi connectivity index (χ1v) is 14.5. The lowest BCUT2D eigenvalue weighted by Gasteiger charge is -2.30. The van der Waals surface area contributed by atoms with Crippen LogP contribution in [0.25, 0.3) is 0 Å². The summed E-state index contributed by atoms with van der Waals surface area (Å²) in [4.78, 5) is 30.5. The van der Waals surface area contributed by atoms with Crippen molar-refractivity contribution >= 4 is 11.9 Å². The lowest BCUT2D eigenvalue weighted by atomic mass is 9.83. The minimum atomic E-state index is -0.852. The lowest BCUT2D eigenvalue weighted by molar-refractivity contribution is -0.143. The Morgan fingerprint density at radius 1 is 0.950 bits per heavy atom. The van der Waals surface area contributed by atoms with Crippen LogP contribution in [0.1, 0.15) is 63.0 Å². The number of fused-ring (bicyclic) bond motifs is 2. The Kier molecular flexibility index (Phi) is 8.99. The predicted molar refractivity (Wildman–Crippen MR) is 149 cm³/mol. The summed E-state index contributed by atoms with van der Waals surface area (Å²) in [5.74, 6) is 0.996. The maximum Gasteiger partial charge on any atom is 0.308 e. The second-order valence-corrected chi connectivity index (χ2v) is 10.9. The number of carbonyl (C=O) groups excluding carboxylic acids is 1. The summed E-state index contributed by atoms with van der Waals surface area (Å²) in [6.45, 7) is 6.75. The van der Waals surface area contributed by atoms with E-state index >= 15 is 0 Å². The molecule has 2 aromatic rings. The number of hydrogen-bond acceptors (Lipinski definition) is 7. The van der Waals surface area contributed by atoms with Crippen LogP contribution in [-0.2, 0) is 16.0 Å². The molecule has 5 rings (SSSR count). The summed E-state index contributed by atoms with van der Waals surface area (Å²) in [6, 6.07) is 11.2. The maximum absolute atomic E-state index is 13.6. The minimum Gasteiger partial charge on any atom is -0.481 e. The number of hydrogen-bond donors (Lipinski definition) is 1. The van der Waals surface area contributed by atoms with Gasteiger partial charge in [-0.15, -0.1) is 0 Å². The fourth-order valence-electron chi connectivity index (χ4n) is 6.16. The molecule has 9 nitrogen and oxygen atoms in total. The van der Waals surface area contributed by atoms with Crippen LogP contribution < -0.4 is 18.9 Å². The van der Waals surface area contributed by atoms with Crippen LogP contribution in [0.5, 0.6) is 23.0 Å². The summed E-state index contributed by atoms with van der Waals surface area (Å²) < 4.78 is 22.3. The Labute approximate surface area is 235 Å².